The average molecular weight is 327 g/mol. The Kier molecular flexibility index (Phi) is 5.18. The van der Waals surface area contributed by atoms with Gasteiger partial charge >= 0.3 is 0 Å². The van der Waals surface area contributed by atoms with Gasteiger partial charge in [-0.15, -0.1) is 0 Å². The Morgan fingerprint density at radius 1 is 1.33 bits per heavy atom. The van der Waals surface area contributed by atoms with Gasteiger partial charge in [0.1, 0.15) is 5.75 Å². The molecule has 0 unspecified atom stereocenters. The number of rotatable bonds is 7. The molecule has 1 saturated carbocycles. The van der Waals surface area contributed by atoms with E-state index in [9.17, 15) is 4.79 Å². The van der Waals surface area contributed by atoms with Gasteiger partial charge in [-0.25, -0.2) is 0 Å². The lowest BCUT2D eigenvalue weighted by atomic mass is 9.83. The molecule has 2 N–H and O–H groups in total. The van der Waals surface area contributed by atoms with Crippen molar-refractivity contribution in [3.63, 3.8) is 0 Å². The van der Waals surface area contributed by atoms with Crippen LogP contribution in [-0.2, 0) is 11.2 Å². The Labute approximate surface area is 142 Å². The summed E-state index contributed by atoms with van der Waals surface area (Å²) < 4.78 is 5.65. The number of hydrogen-bond acceptors (Lipinski definition) is 3. The number of amides is 1. The molecule has 0 saturated heterocycles. The number of anilines is 1. The van der Waals surface area contributed by atoms with Gasteiger partial charge in [0.25, 0.3) is 0 Å². The van der Waals surface area contributed by atoms with Crippen LogP contribution in [0.5, 0.6) is 5.75 Å². The molecule has 1 aliphatic carbocycles. The van der Waals surface area contributed by atoms with Crippen LogP contribution >= 0.6 is 0 Å². The zero-order valence-corrected chi connectivity index (χ0v) is 14.3. The summed E-state index contributed by atoms with van der Waals surface area (Å²) >= 11 is 0. The molecule has 5 heteroatoms. The van der Waals surface area contributed by atoms with Crippen LogP contribution in [0.15, 0.2) is 30.3 Å². The van der Waals surface area contributed by atoms with E-state index in [2.05, 4.69) is 29.4 Å². The van der Waals surface area contributed by atoms with E-state index >= 15 is 0 Å². The number of nitrogens with zero attached hydrogens (tertiary/aromatic N) is 1. The average Bonchev–Trinajstić information content (AvgIpc) is 2.92. The van der Waals surface area contributed by atoms with E-state index in [-0.39, 0.29) is 5.91 Å². The zero-order valence-electron chi connectivity index (χ0n) is 14.3. The Hall–Kier alpha value is -2.30. The number of H-pyrrole nitrogens is 1. The van der Waals surface area contributed by atoms with Gasteiger partial charge in [-0.2, -0.15) is 5.10 Å². The number of ether oxygens (including phenoxy) is 1. The minimum absolute atomic E-state index is 0.0579. The molecule has 1 aliphatic rings. The molecular formula is C19H25N3O2. The molecule has 1 fully saturated rings. The lowest BCUT2D eigenvalue weighted by molar-refractivity contribution is -0.115. The molecule has 0 aliphatic heterocycles. The Balaban J connectivity index is 1.50. The van der Waals surface area contributed by atoms with Gasteiger partial charge in [0, 0.05) is 17.7 Å². The van der Waals surface area contributed by atoms with Crippen LogP contribution in [0.4, 0.5) is 5.82 Å². The van der Waals surface area contributed by atoms with Crippen molar-refractivity contribution in [1.82, 2.24) is 10.2 Å². The summed E-state index contributed by atoms with van der Waals surface area (Å²) in [7, 11) is 0. The molecule has 128 valence electrons. The summed E-state index contributed by atoms with van der Waals surface area (Å²) in [4.78, 5) is 12.1. The van der Waals surface area contributed by atoms with E-state index < -0.39 is 0 Å². The largest absolute Gasteiger partial charge is 0.493 e. The number of aromatic amines is 1. The van der Waals surface area contributed by atoms with Crippen LogP contribution in [0.25, 0.3) is 0 Å². The van der Waals surface area contributed by atoms with Crippen molar-refractivity contribution in [2.75, 3.05) is 11.9 Å². The monoisotopic (exact) mass is 327 g/mol. The fraction of sp³-hybridized carbons (Fsp3) is 0.474. The van der Waals surface area contributed by atoms with Crippen molar-refractivity contribution in [3.8, 4) is 5.75 Å². The highest BCUT2D eigenvalue weighted by atomic mass is 16.5. The van der Waals surface area contributed by atoms with Crippen LogP contribution in [0, 0.1) is 5.92 Å². The third-order valence-corrected chi connectivity index (χ3v) is 4.28. The first-order chi connectivity index (χ1) is 11.6. The summed E-state index contributed by atoms with van der Waals surface area (Å²) in [6, 6.07) is 9.63. The van der Waals surface area contributed by atoms with Crippen LogP contribution in [0.1, 0.15) is 50.3 Å². The molecule has 1 aromatic heterocycles. The number of benzene rings is 1. The normalized spacial score (nSPS) is 14.5. The van der Waals surface area contributed by atoms with Crippen molar-refractivity contribution in [2.24, 2.45) is 5.92 Å². The molecular weight excluding hydrogens is 302 g/mol. The number of aromatic nitrogens is 2. The first kappa shape index (κ1) is 16.6. The number of hydrogen-bond donors (Lipinski definition) is 2. The smallest absolute Gasteiger partial charge is 0.229 e. The summed E-state index contributed by atoms with van der Waals surface area (Å²) in [5.41, 5.74) is 2.09. The highest BCUT2D eigenvalue weighted by Gasteiger charge is 2.21. The van der Waals surface area contributed by atoms with E-state index in [1.54, 1.807) is 0 Å². The minimum atomic E-state index is -0.0579. The lowest BCUT2D eigenvalue weighted by Crippen LogP contribution is -2.14. The van der Waals surface area contributed by atoms with E-state index in [0.29, 0.717) is 30.7 Å². The van der Waals surface area contributed by atoms with Crippen molar-refractivity contribution in [1.29, 1.82) is 0 Å². The van der Waals surface area contributed by atoms with E-state index in [0.717, 1.165) is 17.0 Å². The highest BCUT2D eigenvalue weighted by molar-refractivity contribution is 5.91. The summed E-state index contributed by atoms with van der Waals surface area (Å²) in [6.07, 6.45) is 4.03. The highest BCUT2D eigenvalue weighted by Crippen LogP contribution is 2.35. The maximum Gasteiger partial charge on any atom is 0.229 e. The van der Waals surface area contributed by atoms with Gasteiger partial charge in [-0.3, -0.25) is 9.89 Å². The van der Waals surface area contributed by atoms with Gasteiger partial charge in [-0.1, -0.05) is 32.4 Å². The fourth-order valence-corrected chi connectivity index (χ4v) is 2.67. The molecule has 1 amide bonds. The third kappa shape index (κ3) is 4.37. The van der Waals surface area contributed by atoms with E-state index in [1.165, 1.54) is 19.3 Å². The topological polar surface area (TPSA) is 67.0 Å². The molecule has 0 radical (unpaired) electrons. The first-order valence-corrected chi connectivity index (χ1v) is 8.67. The molecule has 5 nitrogen and oxygen atoms in total. The predicted octanol–water partition coefficient (Wildman–Crippen LogP) is 3.89. The van der Waals surface area contributed by atoms with Crippen LogP contribution in [-0.4, -0.2) is 22.7 Å². The molecule has 0 atom stereocenters. The number of carbonyl (C=O) groups is 1. The van der Waals surface area contributed by atoms with Crippen molar-refractivity contribution in [2.45, 2.75) is 45.4 Å². The Morgan fingerprint density at radius 2 is 2.08 bits per heavy atom. The zero-order chi connectivity index (χ0) is 16.9. The van der Waals surface area contributed by atoms with E-state index in [4.69, 9.17) is 4.74 Å². The number of carbonyl (C=O) groups excluding carboxylic acids is 1. The summed E-state index contributed by atoms with van der Waals surface area (Å²) in [5.74, 6) is 2.47. The second kappa shape index (κ2) is 7.51. The van der Waals surface area contributed by atoms with Gasteiger partial charge in [0.15, 0.2) is 5.82 Å². The van der Waals surface area contributed by atoms with Crippen LogP contribution in [0.3, 0.4) is 0 Å². The molecule has 0 spiro atoms. The summed E-state index contributed by atoms with van der Waals surface area (Å²) in [5, 5.41) is 10.1. The molecule has 24 heavy (non-hydrogen) atoms. The van der Waals surface area contributed by atoms with Crippen LogP contribution in [0.2, 0.25) is 0 Å². The van der Waals surface area contributed by atoms with Crippen molar-refractivity contribution < 1.29 is 9.53 Å². The predicted molar refractivity (Wildman–Crippen MR) is 94.3 cm³/mol. The van der Waals surface area contributed by atoms with Gasteiger partial charge in [0.2, 0.25) is 5.91 Å². The van der Waals surface area contributed by atoms with Crippen molar-refractivity contribution >= 4 is 11.7 Å². The van der Waals surface area contributed by atoms with Gasteiger partial charge < -0.3 is 10.1 Å². The fourth-order valence-electron chi connectivity index (χ4n) is 2.67. The molecule has 1 aromatic carbocycles. The second-order valence-corrected chi connectivity index (χ2v) is 6.91. The molecule has 1 heterocycles. The maximum absolute atomic E-state index is 12.1. The quantitative estimate of drug-likeness (QED) is 0.810. The molecule has 0 bridgehead atoms. The second-order valence-electron chi connectivity index (χ2n) is 6.91. The first-order valence-electron chi connectivity index (χ1n) is 8.67. The summed E-state index contributed by atoms with van der Waals surface area (Å²) in [6.45, 7) is 4.93. The minimum Gasteiger partial charge on any atom is -0.493 e. The lowest BCUT2D eigenvalue weighted by Gasteiger charge is -2.23. The van der Waals surface area contributed by atoms with E-state index in [1.807, 2.05) is 30.3 Å². The number of nitrogens with one attached hydrogen (secondary N) is 2. The van der Waals surface area contributed by atoms with Crippen LogP contribution < -0.4 is 10.1 Å². The SMILES string of the molecule is CC(C)COc1ccc(CC(=O)Nc2cc(C3CCC3)[nH]n2)cc1. The Bertz CT molecular complexity index is 672. The molecule has 2 aromatic rings. The molecule has 3 rings (SSSR count). The van der Waals surface area contributed by atoms with Gasteiger partial charge in [0.05, 0.1) is 13.0 Å². The standard InChI is InChI=1S/C19H25N3O2/c1-13(2)12-24-16-8-6-14(7-9-16)10-19(23)20-18-11-17(21-22-18)15-4-3-5-15/h6-9,11,13,15H,3-5,10,12H2,1-2H3,(H2,20,21,22,23). The van der Waals surface area contributed by atoms with Gasteiger partial charge in [-0.05, 0) is 36.5 Å². The Morgan fingerprint density at radius 3 is 2.71 bits per heavy atom. The maximum atomic E-state index is 12.1. The third-order valence-electron chi connectivity index (χ3n) is 4.28. The van der Waals surface area contributed by atoms with Crippen molar-refractivity contribution in [3.05, 3.63) is 41.6 Å².